The first-order chi connectivity index (χ1) is 6.22. The second-order valence-corrected chi connectivity index (χ2v) is 4.62. The lowest BCUT2D eigenvalue weighted by atomic mass is 9.92. The van der Waals surface area contributed by atoms with Crippen LogP contribution in [0.25, 0.3) is 0 Å². The van der Waals surface area contributed by atoms with E-state index in [4.69, 9.17) is 5.73 Å². The van der Waals surface area contributed by atoms with Crippen molar-refractivity contribution in [2.45, 2.75) is 31.2 Å². The predicted octanol–water partition coefficient (Wildman–Crippen LogP) is 2.20. The van der Waals surface area contributed by atoms with E-state index >= 15 is 0 Å². The number of ketones is 1. The van der Waals surface area contributed by atoms with Crippen LogP contribution in [0.5, 0.6) is 0 Å². The van der Waals surface area contributed by atoms with Crippen LogP contribution in [-0.2, 0) is 0 Å². The van der Waals surface area contributed by atoms with Gasteiger partial charge < -0.3 is 5.73 Å². The summed E-state index contributed by atoms with van der Waals surface area (Å²) in [5.74, 6) is 0.139. The molecular weight excluding hydrogens is 182 g/mol. The van der Waals surface area contributed by atoms with Crippen LogP contribution in [0.3, 0.4) is 0 Å². The van der Waals surface area contributed by atoms with Crippen LogP contribution in [-0.4, -0.2) is 11.3 Å². The molecule has 0 aliphatic heterocycles. The van der Waals surface area contributed by atoms with E-state index in [9.17, 15) is 4.79 Å². The summed E-state index contributed by atoms with van der Waals surface area (Å²) in [5.41, 5.74) is 5.50. The molecule has 2 N–H and O–H groups in total. The quantitative estimate of drug-likeness (QED) is 0.735. The molecule has 0 atom stereocenters. The first kappa shape index (κ1) is 8.91. The number of carbonyl (C=O) groups is 1. The van der Waals surface area contributed by atoms with Gasteiger partial charge in [0.1, 0.15) is 0 Å². The molecule has 1 aromatic rings. The van der Waals surface area contributed by atoms with Crippen molar-refractivity contribution < 1.29 is 4.79 Å². The van der Waals surface area contributed by atoms with Crippen molar-refractivity contribution in [2.24, 2.45) is 5.73 Å². The Kier molecular flexibility index (Phi) is 2.22. The first-order valence-corrected chi connectivity index (χ1v) is 5.47. The molecule has 0 radical (unpaired) electrons. The number of Topliss-reactive ketones (excluding diaryl/α,β-unsaturated/α-hetero) is 1. The minimum atomic E-state index is -0.551. The van der Waals surface area contributed by atoms with E-state index in [-0.39, 0.29) is 5.78 Å². The standard InChI is InChI=1S/C10H13NOS/c11-10(5-1-2-6-10)9(12)8-4-3-7-13-8/h3-4,7H,1-2,5-6,11H2. The Labute approximate surface area is 81.8 Å². The lowest BCUT2D eigenvalue weighted by Crippen LogP contribution is -2.44. The van der Waals surface area contributed by atoms with E-state index in [2.05, 4.69) is 0 Å². The molecule has 2 rings (SSSR count). The van der Waals surface area contributed by atoms with Crippen molar-refractivity contribution in [3.8, 4) is 0 Å². The van der Waals surface area contributed by atoms with Crippen molar-refractivity contribution in [1.29, 1.82) is 0 Å². The lowest BCUT2D eigenvalue weighted by molar-refractivity contribution is 0.0896. The van der Waals surface area contributed by atoms with Gasteiger partial charge in [-0.05, 0) is 24.3 Å². The summed E-state index contributed by atoms with van der Waals surface area (Å²) in [5, 5.41) is 1.92. The van der Waals surface area contributed by atoms with Gasteiger partial charge in [0, 0.05) is 0 Å². The summed E-state index contributed by atoms with van der Waals surface area (Å²) in [6.07, 6.45) is 3.88. The van der Waals surface area contributed by atoms with E-state index in [0.717, 1.165) is 30.6 Å². The van der Waals surface area contributed by atoms with Crippen LogP contribution in [0.1, 0.15) is 35.4 Å². The van der Waals surface area contributed by atoms with Gasteiger partial charge in [-0.1, -0.05) is 18.9 Å². The Bertz CT molecular complexity index is 299. The highest BCUT2D eigenvalue weighted by Crippen LogP contribution is 2.31. The topological polar surface area (TPSA) is 43.1 Å². The highest BCUT2D eigenvalue weighted by molar-refractivity contribution is 7.12. The number of thiophene rings is 1. The Morgan fingerprint density at radius 1 is 1.46 bits per heavy atom. The summed E-state index contributed by atoms with van der Waals surface area (Å²) in [6.45, 7) is 0. The fourth-order valence-electron chi connectivity index (χ4n) is 1.89. The van der Waals surface area contributed by atoms with Crippen molar-refractivity contribution in [2.75, 3.05) is 0 Å². The van der Waals surface area contributed by atoms with Crippen LogP contribution >= 0.6 is 11.3 Å². The smallest absolute Gasteiger partial charge is 0.192 e. The zero-order chi connectivity index (χ0) is 9.31. The molecule has 0 amide bonds. The summed E-state index contributed by atoms with van der Waals surface area (Å²) < 4.78 is 0. The maximum absolute atomic E-state index is 11.9. The zero-order valence-electron chi connectivity index (χ0n) is 7.45. The third kappa shape index (κ3) is 1.54. The van der Waals surface area contributed by atoms with Crippen LogP contribution in [0, 0.1) is 0 Å². The Hall–Kier alpha value is -0.670. The van der Waals surface area contributed by atoms with Crippen molar-refractivity contribution in [3.05, 3.63) is 22.4 Å². The van der Waals surface area contributed by atoms with Gasteiger partial charge in [-0.2, -0.15) is 0 Å². The number of hydrogen-bond acceptors (Lipinski definition) is 3. The van der Waals surface area contributed by atoms with Gasteiger partial charge in [0.05, 0.1) is 10.4 Å². The summed E-state index contributed by atoms with van der Waals surface area (Å²) in [4.78, 5) is 12.7. The third-order valence-electron chi connectivity index (χ3n) is 2.69. The SMILES string of the molecule is NC1(C(=O)c2cccs2)CCCC1. The average Bonchev–Trinajstić information content (AvgIpc) is 2.73. The number of nitrogens with two attached hydrogens (primary N) is 1. The predicted molar refractivity (Wildman–Crippen MR) is 54.0 cm³/mol. The molecule has 1 fully saturated rings. The van der Waals surface area contributed by atoms with Crippen LogP contribution in [0.15, 0.2) is 17.5 Å². The Morgan fingerprint density at radius 3 is 2.69 bits per heavy atom. The Morgan fingerprint density at radius 2 is 2.15 bits per heavy atom. The average molecular weight is 195 g/mol. The molecule has 1 heterocycles. The minimum Gasteiger partial charge on any atom is -0.319 e. The molecule has 1 aliphatic rings. The largest absolute Gasteiger partial charge is 0.319 e. The molecule has 3 heteroatoms. The molecule has 0 unspecified atom stereocenters. The molecular formula is C10H13NOS. The minimum absolute atomic E-state index is 0.139. The van der Waals surface area contributed by atoms with Gasteiger partial charge >= 0.3 is 0 Å². The molecule has 0 aromatic carbocycles. The van der Waals surface area contributed by atoms with Crippen LogP contribution in [0.2, 0.25) is 0 Å². The number of rotatable bonds is 2. The highest BCUT2D eigenvalue weighted by atomic mass is 32.1. The molecule has 0 bridgehead atoms. The molecule has 70 valence electrons. The molecule has 0 spiro atoms. The van der Waals surface area contributed by atoms with E-state index in [1.54, 1.807) is 0 Å². The normalized spacial score (nSPS) is 20.4. The van der Waals surface area contributed by atoms with Crippen molar-refractivity contribution in [3.63, 3.8) is 0 Å². The molecule has 1 saturated carbocycles. The van der Waals surface area contributed by atoms with Gasteiger partial charge in [0.15, 0.2) is 5.78 Å². The first-order valence-electron chi connectivity index (χ1n) is 4.60. The molecule has 1 aliphatic carbocycles. The van der Waals surface area contributed by atoms with E-state index in [1.807, 2.05) is 17.5 Å². The second-order valence-electron chi connectivity index (χ2n) is 3.67. The second kappa shape index (κ2) is 3.24. The van der Waals surface area contributed by atoms with Crippen molar-refractivity contribution in [1.82, 2.24) is 0 Å². The third-order valence-corrected chi connectivity index (χ3v) is 3.56. The fraction of sp³-hybridized carbons (Fsp3) is 0.500. The van der Waals surface area contributed by atoms with Gasteiger partial charge in [0.2, 0.25) is 0 Å². The van der Waals surface area contributed by atoms with E-state index in [0.29, 0.717) is 0 Å². The molecule has 2 nitrogen and oxygen atoms in total. The molecule has 0 saturated heterocycles. The summed E-state index contributed by atoms with van der Waals surface area (Å²) in [7, 11) is 0. The Balaban J connectivity index is 2.21. The monoisotopic (exact) mass is 195 g/mol. The van der Waals surface area contributed by atoms with Gasteiger partial charge in [-0.15, -0.1) is 11.3 Å². The maximum Gasteiger partial charge on any atom is 0.192 e. The lowest BCUT2D eigenvalue weighted by Gasteiger charge is -2.20. The van der Waals surface area contributed by atoms with E-state index in [1.165, 1.54) is 11.3 Å². The number of carbonyl (C=O) groups excluding carboxylic acids is 1. The summed E-state index contributed by atoms with van der Waals surface area (Å²) in [6, 6.07) is 3.76. The van der Waals surface area contributed by atoms with Crippen LogP contribution < -0.4 is 5.73 Å². The molecule has 13 heavy (non-hydrogen) atoms. The maximum atomic E-state index is 11.9. The van der Waals surface area contributed by atoms with Gasteiger partial charge in [0.25, 0.3) is 0 Å². The van der Waals surface area contributed by atoms with Gasteiger partial charge in [-0.25, -0.2) is 0 Å². The van der Waals surface area contributed by atoms with E-state index < -0.39 is 5.54 Å². The summed E-state index contributed by atoms with van der Waals surface area (Å²) >= 11 is 1.49. The highest BCUT2D eigenvalue weighted by Gasteiger charge is 2.37. The fourth-order valence-corrected chi connectivity index (χ4v) is 2.66. The number of hydrogen-bond donors (Lipinski definition) is 1. The van der Waals surface area contributed by atoms with Crippen molar-refractivity contribution >= 4 is 17.1 Å². The van der Waals surface area contributed by atoms with Gasteiger partial charge in [-0.3, -0.25) is 4.79 Å². The molecule has 1 aromatic heterocycles. The van der Waals surface area contributed by atoms with Crippen LogP contribution in [0.4, 0.5) is 0 Å². The zero-order valence-corrected chi connectivity index (χ0v) is 8.27.